The van der Waals surface area contributed by atoms with Crippen molar-refractivity contribution in [2.75, 3.05) is 11.9 Å². The van der Waals surface area contributed by atoms with Crippen molar-refractivity contribution in [2.45, 2.75) is 32.1 Å². The number of aromatic amines is 1. The number of benzene rings is 3. The average molecular weight is 585 g/mol. The molecule has 2 aromatic heterocycles. The van der Waals surface area contributed by atoms with Gasteiger partial charge in [-0.1, -0.05) is 42.5 Å². The van der Waals surface area contributed by atoms with Gasteiger partial charge in [-0.15, -0.1) is 0 Å². The van der Waals surface area contributed by atoms with Gasteiger partial charge in [-0.2, -0.15) is 5.10 Å². The Morgan fingerprint density at radius 3 is 2.63 bits per heavy atom. The lowest BCUT2D eigenvalue weighted by Crippen LogP contribution is -2.44. The number of nitrogens with one attached hydrogen (secondary N) is 2. The summed E-state index contributed by atoms with van der Waals surface area (Å²) in [6, 6.07) is 15.2. The number of hydrogen-bond donors (Lipinski definition) is 3. The fourth-order valence-electron chi connectivity index (χ4n) is 5.61. The number of hydrogen-bond acceptors (Lipinski definition) is 5. The summed E-state index contributed by atoms with van der Waals surface area (Å²) in [5.41, 5.74) is 7.69. The average Bonchev–Trinajstić information content (AvgIpc) is 3.69. The third-order valence-electron chi connectivity index (χ3n) is 7.68. The van der Waals surface area contributed by atoms with Crippen molar-refractivity contribution < 1.29 is 28.0 Å². The van der Waals surface area contributed by atoms with Gasteiger partial charge in [0.2, 0.25) is 11.8 Å². The Morgan fingerprint density at radius 2 is 1.86 bits per heavy atom. The zero-order valence-electron chi connectivity index (χ0n) is 22.9. The second-order valence-electron chi connectivity index (χ2n) is 10.5. The van der Waals surface area contributed by atoms with Crippen LogP contribution in [-0.2, 0) is 16.1 Å². The van der Waals surface area contributed by atoms with Gasteiger partial charge in [-0.05, 0) is 30.7 Å². The Hall–Kier alpha value is -5.39. The first kappa shape index (κ1) is 27.8. The summed E-state index contributed by atoms with van der Waals surface area (Å²) in [5.74, 6) is -2.90. The molecule has 3 aromatic carbocycles. The van der Waals surface area contributed by atoms with Crippen molar-refractivity contribution in [3.63, 3.8) is 0 Å². The van der Waals surface area contributed by atoms with E-state index in [0.29, 0.717) is 32.9 Å². The number of amides is 3. The highest BCUT2D eigenvalue weighted by molar-refractivity contribution is 6.07. The van der Waals surface area contributed by atoms with E-state index in [4.69, 9.17) is 5.73 Å². The lowest BCUT2D eigenvalue weighted by Gasteiger charge is -2.24. The lowest BCUT2D eigenvalue weighted by atomic mass is 10.0. The third kappa shape index (κ3) is 5.00. The lowest BCUT2D eigenvalue weighted by molar-refractivity contribution is -0.137. The first-order chi connectivity index (χ1) is 20.6. The van der Waals surface area contributed by atoms with E-state index >= 15 is 4.39 Å². The zero-order valence-corrected chi connectivity index (χ0v) is 22.9. The molecule has 1 saturated heterocycles. The van der Waals surface area contributed by atoms with Gasteiger partial charge in [0, 0.05) is 40.0 Å². The Kier molecular flexibility index (Phi) is 6.96. The molecule has 1 fully saturated rings. The number of alkyl halides is 1. The van der Waals surface area contributed by atoms with Crippen LogP contribution in [0.25, 0.3) is 32.9 Å². The van der Waals surface area contributed by atoms with Crippen LogP contribution in [0.4, 0.5) is 14.5 Å². The zero-order chi connectivity index (χ0) is 30.4. The SMILES string of the molecule is CC(=O)c1c[nH]c2cc(-c3cccc(NC(=O)[C@@H]4C[C@@H](F)CN4C(=O)Cn4nc(C(N)=O)c5ccccc54)c3F)ccc12. The van der Waals surface area contributed by atoms with Crippen LogP contribution in [0.3, 0.4) is 0 Å². The number of aromatic nitrogens is 3. The van der Waals surface area contributed by atoms with E-state index in [9.17, 15) is 23.6 Å². The maximum Gasteiger partial charge on any atom is 0.269 e. The number of para-hydroxylation sites is 1. The first-order valence-electron chi connectivity index (χ1n) is 13.5. The van der Waals surface area contributed by atoms with Crippen molar-refractivity contribution in [1.29, 1.82) is 0 Å². The summed E-state index contributed by atoms with van der Waals surface area (Å²) in [5, 5.41) is 7.87. The van der Waals surface area contributed by atoms with Crippen LogP contribution in [0.1, 0.15) is 34.2 Å². The van der Waals surface area contributed by atoms with Crippen molar-refractivity contribution in [1.82, 2.24) is 19.7 Å². The van der Waals surface area contributed by atoms with Crippen LogP contribution < -0.4 is 11.1 Å². The van der Waals surface area contributed by atoms with Gasteiger partial charge >= 0.3 is 0 Å². The molecule has 0 unspecified atom stereocenters. The van der Waals surface area contributed by atoms with Crippen LogP contribution in [0.5, 0.6) is 0 Å². The number of Topliss-reactive ketones (excluding diaryl/α,β-unsaturated/α-hetero) is 1. The molecule has 1 aliphatic rings. The van der Waals surface area contributed by atoms with E-state index in [1.807, 2.05) is 0 Å². The molecule has 2 atom stereocenters. The summed E-state index contributed by atoms with van der Waals surface area (Å²) in [6.07, 6.45) is -0.117. The van der Waals surface area contributed by atoms with Crippen molar-refractivity contribution in [3.8, 4) is 11.1 Å². The highest BCUT2D eigenvalue weighted by atomic mass is 19.1. The number of H-pyrrole nitrogens is 1. The second kappa shape index (κ2) is 10.8. The van der Waals surface area contributed by atoms with Gasteiger partial charge in [-0.25, -0.2) is 8.78 Å². The summed E-state index contributed by atoms with van der Waals surface area (Å²) in [6.45, 7) is 0.784. The highest BCUT2D eigenvalue weighted by Crippen LogP contribution is 2.32. The highest BCUT2D eigenvalue weighted by Gasteiger charge is 2.40. The molecule has 0 spiro atoms. The molecular formula is C31H26F2N6O4. The minimum Gasteiger partial charge on any atom is -0.364 e. The summed E-state index contributed by atoms with van der Waals surface area (Å²) in [7, 11) is 0. The molecule has 4 N–H and O–H groups in total. The number of nitrogens with two attached hydrogens (primary N) is 1. The molecule has 0 saturated carbocycles. The molecule has 3 amide bonds. The summed E-state index contributed by atoms with van der Waals surface area (Å²) in [4.78, 5) is 54.5. The first-order valence-corrected chi connectivity index (χ1v) is 13.5. The molecule has 3 heterocycles. The standard InChI is InChI=1S/C31H26F2N6O4/c1-16(40)22-13-35-24-11-17(9-10-20(22)24)19-6-4-7-23(28(19)33)36-31(43)26-12-18(32)14-38(26)27(41)15-39-25-8-3-2-5-21(25)29(37-39)30(34)42/h2-11,13,18,26,35H,12,14-15H2,1H3,(H2,34,42)(H,36,43)/t18-,26+/m1/s1. The van der Waals surface area contributed by atoms with Crippen LogP contribution in [-0.4, -0.2) is 61.9 Å². The van der Waals surface area contributed by atoms with Crippen LogP contribution in [0.15, 0.2) is 66.9 Å². The minimum absolute atomic E-state index is 0.00690. The van der Waals surface area contributed by atoms with E-state index in [-0.39, 0.29) is 42.2 Å². The van der Waals surface area contributed by atoms with Crippen molar-refractivity contribution >= 4 is 51.0 Å². The van der Waals surface area contributed by atoms with E-state index < -0.39 is 35.8 Å². The van der Waals surface area contributed by atoms with Gasteiger partial charge < -0.3 is 20.9 Å². The predicted molar refractivity (Wildman–Crippen MR) is 156 cm³/mol. The van der Waals surface area contributed by atoms with Crippen molar-refractivity contribution in [2.24, 2.45) is 5.73 Å². The maximum atomic E-state index is 15.7. The predicted octanol–water partition coefficient (Wildman–Crippen LogP) is 4.20. The number of ketones is 1. The van der Waals surface area contributed by atoms with E-state index in [1.54, 1.807) is 60.8 Å². The number of nitrogens with zero attached hydrogens (tertiary/aromatic N) is 3. The molecule has 12 heteroatoms. The number of rotatable bonds is 7. The Labute approximate surface area is 243 Å². The molecule has 0 radical (unpaired) electrons. The normalized spacial score (nSPS) is 16.6. The maximum absolute atomic E-state index is 15.7. The number of carbonyl (C=O) groups excluding carboxylic acids is 4. The van der Waals surface area contributed by atoms with Gasteiger partial charge in [0.25, 0.3) is 5.91 Å². The smallest absolute Gasteiger partial charge is 0.269 e. The largest absolute Gasteiger partial charge is 0.364 e. The molecule has 1 aliphatic heterocycles. The summed E-state index contributed by atoms with van der Waals surface area (Å²) >= 11 is 0. The molecule has 5 aromatic rings. The quantitative estimate of drug-likeness (QED) is 0.246. The number of fused-ring (bicyclic) bond motifs is 2. The van der Waals surface area contributed by atoms with Gasteiger partial charge in [0.1, 0.15) is 18.8 Å². The van der Waals surface area contributed by atoms with Gasteiger partial charge in [0.15, 0.2) is 17.3 Å². The molecule has 10 nitrogen and oxygen atoms in total. The number of primary amides is 1. The Bertz CT molecular complexity index is 1950. The van der Waals surface area contributed by atoms with Crippen molar-refractivity contribution in [3.05, 3.63) is 83.9 Å². The number of halogens is 2. The fraction of sp³-hybridized carbons (Fsp3) is 0.194. The Morgan fingerprint density at radius 1 is 1.07 bits per heavy atom. The topological polar surface area (TPSA) is 143 Å². The van der Waals surface area contributed by atoms with E-state index in [1.165, 1.54) is 17.7 Å². The van der Waals surface area contributed by atoms with E-state index in [2.05, 4.69) is 15.4 Å². The molecule has 6 rings (SSSR count). The minimum atomic E-state index is -1.46. The monoisotopic (exact) mass is 584 g/mol. The Balaban J connectivity index is 1.23. The molecule has 218 valence electrons. The van der Waals surface area contributed by atoms with Gasteiger partial charge in [-0.3, -0.25) is 23.9 Å². The fourth-order valence-corrected chi connectivity index (χ4v) is 5.61. The number of carbonyl (C=O) groups is 4. The molecule has 0 bridgehead atoms. The number of likely N-dealkylation sites (tertiary alicyclic amines) is 1. The van der Waals surface area contributed by atoms with E-state index in [0.717, 1.165) is 4.90 Å². The van der Waals surface area contributed by atoms with Crippen LogP contribution in [0, 0.1) is 5.82 Å². The summed E-state index contributed by atoms with van der Waals surface area (Å²) < 4.78 is 31.6. The number of anilines is 1. The second-order valence-corrected chi connectivity index (χ2v) is 10.5. The molecule has 0 aliphatic carbocycles. The van der Waals surface area contributed by atoms with Gasteiger partial charge in [0.05, 0.1) is 17.7 Å². The van der Waals surface area contributed by atoms with Crippen LogP contribution >= 0.6 is 0 Å². The molecule has 43 heavy (non-hydrogen) atoms. The molecular weight excluding hydrogens is 558 g/mol. The third-order valence-corrected chi connectivity index (χ3v) is 7.68. The van der Waals surface area contributed by atoms with Crippen LogP contribution in [0.2, 0.25) is 0 Å².